The molecule has 34 heavy (non-hydrogen) atoms. The summed E-state index contributed by atoms with van der Waals surface area (Å²) >= 11 is 0. The molecule has 0 saturated heterocycles. The summed E-state index contributed by atoms with van der Waals surface area (Å²) in [7, 11) is 1.77. The third-order valence-electron chi connectivity index (χ3n) is 6.15. The molecule has 0 amide bonds. The molecule has 0 fully saturated rings. The Morgan fingerprint density at radius 2 is 1.71 bits per heavy atom. The van der Waals surface area contributed by atoms with Gasteiger partial charge in [0.2, 0.25) is 5.69 Å². The van der Waals surface area contributed by atoms with Crippen LogP contribution in [0, 0.1) is 26.3 Å². The summed E-state index contributed by atoms with van der Waals surface area (Å²) in [6.07, 6.45) is -0.349. The molecule has 0 aliphatic heterocycles. The van der Waals surface area contributed by atoms with Crippen molar-refractivity contribution in [3.63, 3.8) is 0 Å². The first kappa shape index (κ1) is 16.7. The molecule has 168 valence electrons. The first-order valence-electron chi connectivity index (χ1n) is 13.8. The number of rotatable bonds is 4. The van der Waals surface area contributed by atoms with Crippen LogP contribution in [0.25, 0.3) is 49.2 Å². The van der Waals surface area contributed by atoms with E-state index in [0.29, 0.717) is 22.5 Å². The van der Waals surface area contributed by atoms with Crippen molar-refractivity contribution in [2.75, 3.05) is 0 Å². The lowest BCUT2D eigenvalue weighted by Gasteiger charge is -2.11. The number of aryl methyl sites for hydroxylation is 3. The van der Waals surface area contributed by atoms with Crippen LogP contribution in [-0.2, 0) is 13.4 Å². The van der Waals surface area contributed by atoms with Gasteiger partial charge in [0.25, 0.3) is 0 Å². The second kappa shape index (κ2) is 8.47. The smallest absolute Gasteiger partial charge is 0.216 e. The summed E-state index contributed by atoms with van der Waals surface area (Å²) in [5, 5.41) is 1.74. The lowest BCUT2D eigenvalue weighted by Crippen LogP contribution is -2.32. The molecule has 0 N–H and O–H groups in total. The van der Waals surface area contributed by atoms with E-state index in [9.17, 15) is 0 Å². The van der Waals surface area contributed by atoms with Gasteiger partial charge in [-0.1, -0.05) is 68.4 Å². The second-order valence-electron chi connectivity index (χ2n) is 8.95. The zero-order chi connectivity index (χ0) is 28.3. The Morgan fingerprint density at radius 1 is 1.00 bits per heavy atom. The van der Waals surface area contributed by atoms with Crippen LogP contribution in [0.15, 0.2) is 71.3 Å². The van der Waals surface area contributed by atoms with Crippen LogP contribution in [0.3, 0.4) is 0 Å². The van der Waals surface area contributed by atoms with Crippen LogP contribution < -0.4 is 4.57 Å². The van der Waals surface area contributed by atoms with Gasteiger partial charge in [0.05, 0.1) is 12.1 Å². The summed E-state index contributed by atoms with van der Waals surface area (Å²) < 4.78 is 50.3. The maximum atomic E-state index is 8.80. The van der Waals surface area contributed by atoms with E-state index >= 15 is 0 Å². The standard InChI is InChI=1S/C31H29N2O/c1-19(2)16-23-17-27(33(6)18-21(23)4)28-20(3)12-13-24-25-14-15-26(32-5)29(31(25)34-30(24)28)22-10-8-7-9-11-22/h7-15,17-19H,16H2,1-4,6H3/q+1/i4D3,16D2. The van der Waals surface area contributed by atoms with E-state index < -0.39 is 19.1 Å². The highest BCUT2D eigenvalue weighted by Crippen LogP contribution is 2.44. The van der Waals surface area contributed by atoms with Crippen molar-refractivity contribution in [1.82, 2.24) is 0 Å². The van der Waals surface area contributed by atoms with Gasteiger partial charge >= 0.3 is 0 Å². The number of hydrogen-bond donors (Lipinski definition) is 0. The Hall–Kier alpha value is -3.90. The third-order valence-corrected chi connectivity index (χ3v) is 6.15. The summed E-state index contributed by atoms with van der Waals surface area (Å²) in [4.78, 5) is 3.76. The van der Waals surface area contributed by atoms with Crippen molar-refractivity contribution in [1.29, 1.82) is 0 Å². The Balaban J connectivity index is 1.89. The average Bonchev–Trinajstić information content (AvgIpc) is 3.26. The molecule has 0 radical (unpaired) electrons. The van der Waals surface area contributed by atoms with E-state index in [4.69, 9.17) is 17.8 Å². The van der Waals surface area contributed by atoms with Gasteiger partial charge in [-0.05, 0) is 42.8 Å². The first-order chi connectivity index (χ1) is 18.4. The van der Waals surface area contributed by atoms with Crippen LogP contribution in [0.5, 0.6) is 0 Å². The number of fused-ring (bicyclic) bond motifs is 3. The lowest BCUT2D eigenvalue weighted by molar-refractivity contribution is -0.660. The van der Waals surface area contributed by atoms with E-state index in [0.717, 1.165) is 33.0 Å². The van der Waals surface area contributed by atoms with Gasteiger partial charge in [-0.25, -0.2) is 9.41 Å². The van der Waals surface area contributed by atoms with Crippen molar-refractivity contribution in [3.05, 3.63) is 95.0 Å². The van der Waals surface area contributed by atoms with Crippen molar-refractivity contribution < 1.29 is 15.8 Å². The summed E-state index contributed by atoms with van der Waals surface area (Å²) in [5.41, 5.74) is 5.77. The van der Waals surface area contributed by atoms with Gasteiger partial charge in [0.1, 0.15) is 18.2 Å². The summed E-state index contributed by atoms with van der Waals surface area (Å²) in [5.74, 6) is -0.442. The van der Waals surface area contributed by atoms with Crippen molar-refractivity contribution in [2.45, 2.75) is 34.0 Å². The molecular formula is C31H29N2O+. The topological polar surface area (TPSA) is 21.4 Å². The minimum Gasteiger partial charge on any atom is -0.456 e. The molecule has 5 rings (SSSR count). The SMILES string of the molecule is [2H]C([2H])([2H])c1c[n+](C)c(-c2c(C)ccc3c2oc2c(-c4ccccc4)c([N+]#[C-])ccc23)cc1C([2H])([2H])C(C)C. The molecule has 0 aliphatic carbocycles. The van der Waals surface area contributed by atoms with Gasteiger partial charge in [-0.3, -0.25) is 0 Å². The fraction of sp³-hybridized carbons (Fsp3) is 0.226. The Morgan fingerprint density at radius 3 is 2.38 bits per heavy atom. The normalized spacial score (nSPS) is 14.4. The van der Waals surface area contributed by atoms with Gasteiger partial charge in [-0.15, -0.1) is 0 Å². The van der Waals surface area contributed by atoms with Crippen molar-refractivity contribution in [2.24, 2.45) is 13.0 Å². The van der Waals surface area contributed by atoms with Crippen LogP contribution >= 0.6 is 0 Å². The first-order valence-corrected chi connectivity index (χ1v) is 11.3. The number of hydrogen-bond acceptors (Lipinski definition) is 1. The van der Waals surface area contributed by atoms with E-state index in [1.54, 1.807) is 31.5 Å². The third kappa shape index (κ3) is 3.56. The van der Waals surface area contributed by atoms with Crippen LogP contribution in [-0.4, -0.2) is 0 Å². The van der Waals surface area contributed by atoms with Crippen LogP contribution in [0.2, 0.25) is 0 Å². The van der Waals surface area contributed by atoms with Gasteiger partial charge in [0, 0.05) is 34.8 Å². The highest BCUT2D eigenvalue weighted by atomic mass is 16.3. The van der Waals surface area contributed by atoms with Crippen LogP contribution in [0.1, 0.15) is 37.4 Å². The molecule has 0 aliphatic rings. The second-order valence-corrected chi connectivity index (χ2v) is 8.95. The van der Waals surface area contributed by atoms with Crippen molar-refractivity contribution in [3.8, 4) is 22.4 Å². The lowest BCUT2D eigenvalue weighted by atomic mass is 9.95. The molecule has 0 atom stereocenters. The van der Waals surface area contributed by atoms with E-state index in [1.807, 2.05) is 61.5 Å². The summed E-state index contributed by atoms with van der Waals surface area (Å²) in [6, 6.07) is 19.1. The summed E-state index contributed by atoms with van der Waals surface area (Å²) in [6.45, 7) is 10.8. The molecule has 0 unspecified atom stereocenters. The molecule has 0 spiro atoms. The molecule has 0 bridgehead atoms. The van der Waals surface area contributed by atoms with Crippen LogP contribution in [0.4, 0.5) is 5.69 Å². The minimum atomic E-state index is -2.48. The monoisotopic (exact) mass is 450 g/mol. The molecule has 5 aromatic rings. The fourth-order valence-corrected chi connectivity index (χ4v) is 4.61. The molecule has 0 saturated carbocycles. The molecule has 3 aromatic carbocycles. The number of aromatic nitrogens is 1. The predicted molar refractivity (Wildman–Crippen MR) is 140 cm³/mol. The minimum absolute atomic E-state index is 0.00468. The zero-order valence-corrected chi connectivity index (χ0v) is 19.7. The van der Waals surface area contributed by atoms with Crippen molar-refractivity contribution >= 4 is 27.6 Å². The zero-order valence-electron chi connectivity index (χ0n) is 24.7. The maximum absolute atomic E-state index is 8.80. The van der Waals surface area contributed by atoms with Gasteiger partial charge < -0.3 is 4.42 Å². The fourth-order valence-electron chi connectivity index (χ4n) is 4.61. The van der Waals surface area contributed by atoms with Gasteiger partial charge in [0.15, 0.2) is 11.9 Å². The Kier molecular flexibility index (Phi) is 4.15. The average molecular weight is 451 g/mol. The number of furan rings is 1. The number of pyridine rings is 1. The predicted octanol–water partition coefficient (Wildman–Crippen LogP) is 8.11. The molecule has 2 heterocycles. The van der Waals surface area contributed by atoms with E-state index in [-0.39, 0.29) is 11.1 Å². The Bertz CT molecular complexity index is 1780. The van der Waals surface area contributed by atoms with E-state index in [2.05, 4.69) is 4.85 Å². The number of nitrogens with zero attached hydrogens (tertiary/aromatic N) is 2. The molecule has 2 aromatic heterocycles. The molecular weight excluding hydrogens is 416 g/mol. The van der Waals surface area contributed by atoms with E-state index in [1.165, 1.54) is 6.20 Å². The molecule has 3 nitrogen and oxygen atoms in total. The number of benzene rings is 3. The quantitative estimate of drug-likeness (QED) is 0.200. The molecule has 3 heteroatoms. The van der Waals surface area contributed by atoms with Gasteiger partial charge in [-0.2, -0.15) is 0 Å². The highest BCUT2D eigenvalue weighted by Gasteiger charge is 2.24. The highest BCUT2D eigenvalue weighted by molar-refractivity contribution is 6.15. The maximum Gasteiger partial charge on any atom is 0.216 e. The Labute approximate surface area is 208 Å². The largest absolute Gasteiger partial charge is 0.456 e.